The van der Waals surface area contributed by atoms with Crippen LogP contribution in [0.3, 0.4) is 0 Å². The molecule has 144 valence electrons. The van der Waals surface area contributed by atoms with Crippen molar-refractivity contribution in [2.75, 3.05) is 5.32 Å². The number of aromatic nitrogens is 1. The summed E-state index contributed by atoms with van der Waals surface area (Å²) in [4.78, 5) is 39.8. The van der Waals surface area contributed by atoms with Gasteiger partial charge in [0.1, 0.15) is 0 Å². The zero-order valence-corrected chi connectivity index (χ0v) is 16.2. The number of thiazole rings is 1. The smallest absolute Gasteiger partial charge is 0.308 e. The minimum atomic E-state index is -0.989. The number of carboxylic acids is 1. The topological polar surface area (TPSA) is 108 Å². The normalized spacial score (nSPS) is 13.0. The van der Waals surface area contributed by atoms with Gasteiger partial charge in [-0.15, -0.1) is 11.3 Å². The first-order valence-corrected chi connectivity index (χ1v) is 9.48. The van der Waals surface area contributed by atoms with E-state index in [-0.39, 0.29) is 24.2 Å². The van der Waals surface area contributed by atoms with Gasteiger partial charge >= 0.3 is 5.97 Å². The third-order valence-corrected chi connectivity index (χ3v) is 4.82. The third kappa shape index (κ3) is 5.89. The average molecular weight is 389 g/mol. The first kappa shape index (κ1) is 20.6. The maximum atomic E-state index is 12.4. The van der Waals surface area contributed by atoms with Crippen LogP contribution < -0.4 is 10.6 Å². The number of benzene rings is 1. The Morgan fingerprint density at radius 2 is 1.81 bits per heavy atom. The van der Waals surface area contributed by atoms with Crippen molar-refractivity contribution < 1.29 is 19.5 Å². The Morgan fingerprint density at radius 3 is 2.41 bits per heavy atom. The first-order chi connectivity index (χ1) is 12.8. The second kappa shape index (κ2) is 9.27. The van der Waals surface area contributed by atoms with E-state index in [1.807, 2.05) is 6.07 Å². The van der Waals surface area contributed by atoms with Crippen molar-refractivity contribution in [2.24, 2.45) is 11.8 Å². The van der Waals surface area contributed by atoms with E-state index in [9.17, 15) is 19.5 Å². The van der Waals surface area contributed by atoms with Gasteiger partial charge < -0.3 is 15.7 Å². The van der Waals surface area contributed by atoms with Crippen LogP contribution >= 0.6 is 11.3 Å². The van der Waals surface area contributed by atoms with Gasteiger partial charge in [-0.2, -0.15) is 0 Å². The van der Waals surface area contributed by atoms with Gasteiger partial charge in [-0.25, -0.2) is 4.98 Å². The highest BCUT2D eigenvalue weighted by molar-refractivity contribution is 7.13. The SMILES string of the molecule is CC(C)C(=O)Nc1nc(CC(=O)NC(c2ccccc2)C(C)C(=O)O)cs1. The molecular weight excluding hydrogens is 366 g/mol. The van der Waals surface area contributed by atoms with Crippen LogP contribution in [0.15, 0.2) is 35.7 Å². The number of carbonyl (C=O) groups is 3. The number of nitrogens with one attached hydrogen (secondary N) is 2. The Kier molecular flexibility index (Phi) is 7.06. The summed E-state index contributed by atoms with van der Waals surface area (Å²) >= 11 is 1.25. The Labute approximate surface area is 161 Å². The molecule has 2 amide bonds. The fourth-order valence-electron chi connectivity index (χ4n) is 2.38. The maximum Gasteiger partial charge on any atom is 0.308 e. The number of hydrogen-bond donors (Lipinski definition) is 3. The van der Waals surface area contributed by atoms with E-state index < -0.39 is 17.9 Å². The zero-order chi connectivity index (χ0) is 20.0. The average Bonchev–Trinajstić information content (AvgIpc) is 3.06. The van der Waals surface area contributed by atoms with Crippen LogP contribution in [0.4, 0.5) is 5.13 Å². The molecule has 7 nitrogen and oxygen atoms in total. The monoisotopic (exact) mass is 389 g/mol. The van der Waals surface area contributed by atoms with Crippen LogP contribution in [0.5, 0.6) is 0 Å². The molecule has 2 atom stereocenters. The van der Waals surface area contributed by atoms with Crippen molar-refractivity contribution in [1.29, 1.82) is 0 Å². The highest BCUT2D eigenvalue weighted by Gasteiger charge is 2.27. The van der Waals surface area contributed by atoms with Crippen molar-refractivity contribution in [2.45, 2.75) is 33.2 Å². The molecule has 0 fully saturated rings. The summed E-state index contributed by atoms with van der Waals surface area (Å²) in [5, 5.41) is 17.0. The van der Waals surface area contributed by atoms with Crippen LogP contribution in [0.25, 0.3) is 0 Å². The predicted molar refractivity (Wildman–Crippen MR) is 103 cm³/mol. The third-order valence-electron chi connectivity index (χ3n) is 4.01. The zero-order valence-electron chi connectivity index (χ0n) is 15.4. The van der Waals surface area contributed by atoms with Crippen LogP contribution in [0.1, 0.15) is 38.1 Å². The standard InChI is InChI=1S/C19H23N3O4S/c1-11(2)17(24)22-19-20-14(10-27-19)9-15(23)21-16(12(3)18(25)26)13-7-5-4-6-8-13/h4-8,10-12,16H,9H2,1-3H3,(H,21,23)(H,25,26)(H,20,22,24). The van der Waals surface area contributed by atoms with Gasteiger partial charge in [-0.1, -0.05) is 44.2 Å². The lowest BCUT2D eigenvalue weighted by Crippen LogP contribution is -2.36. The number of carbonyl (C=O) groups excluding carboxylic acids is 2. The highest BCUT2D eigenvalue weighted by atomic mass is 32.1. The molecule has 0 radical (unpaired) electrons. The maximum absolute atomic E-state index is 12.4. The Hall–Kier alpha value is -2.74. The lowest BCUT2D eigenvalue weighted by atomic mass is 9.94. The molecule has 0 aliphatic heterocycles. The van der Waals surface area contributed by atoms with Crippen molar-refractivity contribution >= 4 is 34.3 Å². The number of carboxylic acid groups (broad SMARTS) is 1. The molecule has 2 unspecified atom stereocenters. The van der Waals surface area contributed by atoms with E-state index in [1.165, 1.54) is 11.3 Å². The quantitative estimate of drug-likeness (QED) is 0.643. The molecule has 1 aromatic heterocycles. The van der Waals surface area contributed by atoms with Gasteiger partial charge in [-0.3, -0.25) is 14.4 Å². The van der Waals surface area contributed by atoms with Gasteiger partial charge in [-0.05, 0) is 12.5 Å². The molecular formula is C19H23N3O4S. The lowest BCUT2D eigenvalue weighted by molar-refractivity contribution is -0.142. The molecule has 0 spiro atoms. The van der Waals surface area contributed by atoms with Gasteiger partial charge in [0, 0.05) is 11.3 Å². The fourth-order valence-corrected chi connectivity index (χ4v) is 3.10. The van der Waals surface area contributed by atoms with E-state index in [4.69, 9.17) is 0 Å². The highest BCUT2D eigenvalue weighted by Crippen LogP contribution is 2.23. The molecule has 27 heavy (non-hydrogen) atoms. The van der Waals surface area contributed by atoms with Gasteiger partial charge in [0.15, 0.2) is 5.13 Å². The number of aliphatic carboxylic acids is 1. The summed E-state index contributed by atoms with van der Waals surface area (Å²) < 4.78 is 0. The van der Waals surface area contributed by atoms with E-state index in [1.54, 1.807) is 50.4 Å². The van der Waals surface area contributed by atoms with Crippen LogP contribution in [0, 0.1) is 11.8 Å². The second-order valence-corrected chi connectivity index (χ2v) is 7.41. The van der Waals surface area contributed by atoms with E-state index >= 15 is 0 Å². The van der Waals surface area contributed by atoms with Crippen molar-refractivity contribution in [1.82, 2.24) is 10.3 Å². The Bertz CT molecular complexity index is 804. The molecule has 2 aromatic rings. The van der Waals surface area contributed by atoms with E-state index in [2.05, 4.69) is 15.6 Å². The molecule has 0 bridgehead atoms. The summed E-state index contributed by atoms with van der Waals surface area (Å²) in [6.45, 7) is 5.12. The minimum absolute atomic E-state index is 0.00369. The number of nitrogens with zero attached hydrogens (tertiary/aromatic N) is 1. The number of hydrogen-bond acceptors (Lipinski definition) is 5. The Balaban J connectivity index is 2.05. The summed E-state index contributed by atoms with van der Waals surface area (Å²) in [5.41, 5.74) is 1.25. The van der Waals surface area contributed by atoms with Crippen LogP contribution in [-0.4, -0.2) is 27.9 Å². The minimum Gasteiger partial charge on any atom is -0.481 e. The fraction of sp³-hybridized carbons (Fsp3) is 0.368. The molecule has 0 saturated carbocycles. The second-order valence-electron chi connectivity index (χ2n) is 6.55. The van der Waals surface area contributed by atoms with Crippen molar-refractivity contribution in [3.05, 3.63) is 47.0 Å². The van der Waals surface area contributed by atoms with Gasteiger partial charge in [0.2, 0.25) is 11.8 Å². The molecule has 2 rings (SSSR count). The molecule has 1 heterocycles. The lowest BCUT2D eigenvalue weighted by Gasteiger charge is -2.22. The van der Waals surface area contributed by atoms with Gasteiger partial charge in [0.25, 0.3) is 0 Å². The number of rotatable bonds is 8. The molecule has 1 aromatic carbocycles. The summed E-state index contributed by atoms with van der Waals surface area (Å²) in [7, 11) is 0. The van der Waals surface area contributed by atoms with Crippen LogP contribution in [-0.2, 0) is 20.8 Å². The molecule has 0 aliphatic rings. The molecule has 0 aliphatic carbocycles. The number of amides is 2. The first-order valence-electron chi connectivity index (χ1n) is 8.60. The van der Waals surface area contributed by atoms with Crippen LogP contribution in [0.2, 0.25) is 0 Å². The molecule has 0 saturated heterocycles. The summed E-state index contributed by atoms with van der Waals surface area (Å²) in [5.74, 6) is -2.40. The van der Waals surface area contributed by atoms with Crippen molar-refractivity contribution in [3.8, 4) is 0 Å². The van der Waals surface area contributed by atoms with Crippen molar-refractivity contribution in [3.63, 3.8) is 0 Å². The van der Waals surface area contributed by atoms with Gasteiger partial charge in [0.05, 0.1) is 24.1 Å². The molecule has 8 heteroatoms. The predicted octanol–water partition coefficient (Wildman–Crippen LogP) is 2.86. The number of anilines is 1. The largest absolute Gasteiger partial charge is 0.481 e. The van der Waals surface area contributed by atoms with E-state index in [0.717, 1.165) is 5.56 Å². The summed E-state index contributed by atoms with van der Waals surface area (Å²) in [6, 6.07) is 8.35. The summed E-state index contributed by atoms with van der Waals surface area (Å²) in [6.07, 6.45) is 0.00369. The van der Waals surface area contributed by atoms with E-state index in [0.29, 0.717) is 10.8 Å². The Morgan fingerprint density at radius 1 is 1.15 bits per heavy atom. The molecule has 3 N–H and O–H groups in total.